The Morgan fingerprint density at radius 2 is 2.05 bits per heavy atom. The van der Waals surface area contributed by atoms with Gasteiger partial charge in [0, 0.05) is 18.5 Å². The van der Waals surface area contributed by atoms with Gasteiger partial charge >= 0.3 is 0 Å². The van der Waals surface area contributed by atoms with Gasteiger partial charge in [-0.1, -0.05) is 6.42 Å². The van der Waals surface area contributed by atoms with Crippen LogP contribution in [0.15, 0.2) is 0 Å². The molecule has 1 aliphatic rings. The zero-order chi connectivity index (χ0) is 14.1. The SMILES string of the molecule is CC1CCCCN1CCCNS(=O)(=O)CCCCCl. The second-order valence-corrected chi connectivity index (χ2v) is 7.65. The average molecular weight is 311 g/mol. The minimum absolute atomic E-state index is 0.194. The molecule has 1 saturated heterocycles. The fourth-order valence-electron chi connectivity index (χ4n) is 2.46. The Morgan fingerprint density at radius 1 is 1.26 bits per heavy atom. The van der Waals surface area contributed by atoms with Crippen molar-refractivity contribution in [1.29, 1.82) is 0 Å². The van der Waals surface area contributed by atoms with E-state index in [4.69, 9.17) is 11.6 Å². The van der Waals surface area contributed by atoms with E-state index in [0.717, 1.165) is 25.9 Å². The lowest BCUT2D eigenvalue weighted by Gasteiger charge is -2.33. The van der Waals surface area contributed by atoms with Crippen LogP contribution in [0.2, 0.25) is 0 Å². The number of rotatable bonds is 9. The maximum absolute atomic E-state index is 11.7. The number of nitrogens with zero attached hydrogens (tertiary/aromatic N) is 1. The highest BCUT2D eigenvalue weighted by molar-refractivity contribution is 7.89. The Kier molecular flexibility index (Phi) is 8.30. The van der Waals surface area contributed by atoms with Crippen molar-refractivity contribution >= 4 is 21.6 Å². The largest absolute Gasteiger partial charge is 0.301 e. The molecule has 1 fully saturated rings. The third-order valence-electron chi connectivity index (χ3n) is 3.68. The number of alkyl halides is 1. The van der Waals surface area contributed by atoms with Gasteiger partial charge in [-0.25, -0.2) is 13.1 Å². The molecular weight excluding hydrogens is 284 g/mol. The van der Waals surface area contributed by atoms with E-state index in [1.807, 2.05) is 0 Å². The quantitative estimate of drug-likeness (QED) is 0.524. The smallest absolute Gasteiger partial charge is 0.211 e. The predicted molar refractivity (Wildman–Crippen MR) is 81.2 cm³/mol. The number of hydrogen-bond donors (Lipinski definition) is 1. The van der Waals surface area contributed by atoms with Crippen molar-refractivity contribution in [1.82, 2.24) is 9.62 Å². The molecule has 114 valence electrons. The zero-order valence-electron chi connectivity index (χ0n) is 11.9. The van der Waals surface area contributed by atoms with Gasteiger partial charge in [0.25, 0.3) is 0 Å². The molecule has 0 aliphatic carbocycles. The number of unbranched alkanes of at least 4 members (excludes halogenated alkanes) is 1. The molecule has 6 heteroatoms. The predicted octanol–water partition coefficient (Wildman–Crippen LogP) is 2.19. The maximum Gasteiger partial charge on any atom is 0.211 e. The highest BCUT2D eigenvalue weighted by Gasteiger charge is 2.17. The Hall–Kier alpha value is 0.160. The van der Waals surface area contributed by atoms with Gasteiger partial charge in [-0.3, -0.25) is 0 Å². The molecule has 1 heterocycles. The van der Waals surface area contributed by atoms with Crippen LogP contribution in [-0.2, 0) is 10.0 Å². The molecule has 0 saturated carbocycles. The van der Waals surface area contributed by atoms with Gasteiger partial charge in [0.1, 0.15) is 0 Å². The number of sulfonamides is 1. The summed E-state index contributed by atoms with van der Waals surface area (Å²) in [5.74, 6) is 0.724. The minimum Gasteiger partial charge on any atom is -0.301 e. The molecule has 1 atom stereocenters. The van der Waals surface area contributed by atoms with Gasteiger partial charge in [-0.15, -0.1) is 11.6 Å². The fourth-order valence-corrected chi connectivity index (χ4v) is 3.83. The first kappa shape index (κ1) is 17.2. The van der Waals surface area contributed by atoms with E-state index in [0.29, 0.717) is 24.9 Å². The minimum atomic E-state index is -3.10. The van der Waals surface area contributed by atoms with Gasteiger partial charge in [0.05, 0.1) is 5.75 Å². The van der Waals surface area contributed by atoms with Crippen LogP contribution in [-0.4, -0.2) is 50.6 Å². The number of nitrogens with one attached hydrogen (secondary N) is 1. The van der Waals surface area contributed by atoms with E-state index in [2.05, 4.69) is 16.5 Å². The van der Waals surface area contributed by atoms with Gasteiger partial charge in [0.15, 0.2) is 0 Å². The standard InChI is InChI=1S/C13H27ClN2O2S/c1-13-7-2-4-10-16(13)11-6-9-15-19(17,18)12-5-3-8-14/h13,15H,2-12H2,1H3. The third kappa shape index (κ3) is 7.49. The van der Waals surface area contributed by atoms with Crippen LogP contribution in [0.4, 0.5) is 0 Å². The second-order valence-electron chi connectivity index (χ2n) is 5.34. The van der Waals surface area contributed by atoms with Crippen molar-refractivity contribution in [3.63, 3.8) is 0 Å². The number of halogens is 1. The van der Waals surface area contributed by atoms with Gasteiger partial charge in [-0.2, -0.15) is 0 Å². The lowest BCUT2D eigenvalue weighted by molar-refractivity contribution is 0.159. The maximum atomic E-state index is 11.7. The first-order chi connectivity index (χ1) is 9.05. The Morgan fingerprint density at radius 3 is 2.74 bits per heavy atom. The van der Waals surface area contributed by atoms with Crippen molar-refractivity contribution in [3.8, 4) is 0 Å². The highest BCUT2D eigenvalue weighted by Crippen LogP contribution is 2.16. The summed E-state index contributed by atoms with van der Waals surface area (Å²) in [6.45, 7) is 4.96. The average Bonchev–Trinajstić information content (AvgIpc) is 2.37. The van der Waals surface area contributed by atoms with Crippen LogP contribution in [0.25, 0.3) is 0 Å². The molecule has 0 aromatic rings. The fraction of sp³-hybridized carbons (Fsp3) is 1.00. The van der Waals surface area contributed by atoms with E-state index in [1.165, 1.54) is 19.3 Å². The Bertz CT molecular complexity index is 336. The van der Waals surface area contributed by atoms with E-state index < -0.39 is 10.0 Å². The molecule has 1 rings (SSSR count). The molecule has 1 N–H and O–H groups in total. The van der Waals surface area contributed by atoms with Gasteiger partial charge < -0.3 is 4.90 Å². The third-order valence-corrected chi connectivity index (χ3v) is 5.42. The van der Waals surface area contributed by atoms with E-state index in [9.17, 15) is 8.42 Å². The molecule has 0 aromatic carbocycles. The lowest BCUT2D eigenvalue weighted by atomic mass is 10.0. The molecule has 0 aromatic heterocycles. The lowest BCUT2D eigenvalue weighted by Crippen LogP contribution is -2.39. The molecule has 0 bridgehead atoms. The first-order valence-corrected chi connectivity index (χ1v) is 9.51. The number of hydrogen-bond acceptors (Lipinski definition) is 3. The summed E-state index contributed by atoms with van der Waals surface area (Å²) in [6, 6.07) is 0.647. The molecule has 4 nitrogen and oxygen atoms in total. The molecule has 1 unspecified atom stereocenters. The summed E-state index contributed by atoms with van der Waals surface area (Å²) in [4.78, 5) is 2.46. The van der Waals surface area contributed by atoms with Crippen molar-refractivity contribution in [2.75, 3.05) is 31.3 Å². The molecule has 19 heavy (non-hydrogen) atoms. The molecule has 0 radical (unpaired) electrons. The molecule has 0 spiro atoms. The zero-order valence-corrected chi connectivity index (χ0v) is 13.5. The molecule has 0 amide bonds. The summed E-state index contributed by atoms with van der Waals surface area (Å²) in [5, 5.41) is 0. The van der Waals surface area contributed by atoms with Crippen LogP contribution in [0, 0.1) is 0 Å². The number of piperidine rings is 1. The van der Waals surface area contributed by atoms with Crippen LogP contribution >= 0.6 is 11.6 Å². The number of likely N-dealkylation sites (tertiary alicyclic amines) is 1. The van der Waals surface area contributed by atoms with Crippen molar-refractivity contribution < 1.29 is 8.42 Å². The molecular formula is C13H27ClN2O2S. The van der Waals surface area contributed by atoms with Crippen LogP contribution in [0.3, 0.4) is 0 Å². The summed E-state index contributed by atoms with van der Waals surface area (Å²) in [5.41, 5.74) is 0. The Balaban J connectivity index is 2.12. The summed E-state index contributed by atoms with van der Waals surface area (Å²) < 4.78 is 26.0. The first-order valence-electron chi connectivity index (χ1n) is 7.32. The normalized spacial score (nSPS) is 21.7. The van der Waals surface area contributed by atoms with Crippen molar-refractivity contribution in [2.45, 2.75) is 51.5 Å². The van der Waals surface area contributed by atoms with Crippen LogP contribution in [0.1, 0.15) is 45.4 Å². The van der Waals surface area contributed by atoms with Crippen LogP contribution in [0.5, 0.6) is 0 Å². The van der Waals surface area contributed by atoms with Crippen LogP contribution < -0.4 is 4.72 Å². The summed E-state index contributed by atoms with van der Waals surface area (Å²) in [7, 11) is -3.10. The van der Waals surface area contributed by atoms with E-state index in [-0.39, 0.29) is 5.75 Å². The van der Waals surface area contributed by atoms with E-state index >= 15 is 0 Å². The van der Waals surface area contributed by atoms with Gasteiger partial charge in [-0.05, 0) is 52.1 Å². The van der Waals surface area contributed by atoms with Crippen molar-refractivity contribution in [3.05, 3.63) is 0 Å². The topological polar surface area (TPSA) is 49.4 Å². The van der Waals surface area contributed by atoms with Gasteiger partial charge in [0.2, 0.25) is 10.0 Å². The Labute approximate surface area is 122 Å². The molecule has 1 aliphatic heterocycles. The van der Waals surface area contributed by atoms with E-state index in [1.54, 1.807) is 0 Å². The summed E-state index contributed by atoms with van der Waals surface area (Å²) >= 11 is 5.54. The highest BCUT2D eigenvalue weighted by atomic mass is 35.5. The van der Waals surface area contributed by atoms with Crippen molar-refractivity contribution in [2.24, 2.45) is 0 Å². The summed E-state index contributed by atoms with van der Waals surface area (Å²) in [6.07, 6.45) is 6.15. The second kappa shape index (κ2) is 9.16. The monoisotopic (exact) mass is 310 g/mol.